The number of piperazine rings is 1. The molecule has 168 valence electrons. The van der Waals surface area contributed by atoms with E-state index in [2.05, 4.69) is 4.90 Å². The lowest BCUT2D eigenvalue weighted by molar-refractivity contribution is -0.132. The first kappa shape index (κ1) is 22.7. The number of hydrogen-bond acceptors (Lipinski definition) is 4. The van der Waals surface area contributed by atoms with E-state index in [1.807, 2.05) is 24.3 Å². The van der Waals surface area contributed by atoms with Crippen molar-refractivity contribution in [3.8, 4) is 0 Å². The molecule has 3 aromatic carbocycles. The summed E-state index contributed by atoms with van der Waals surface area (Å²) in [5, 5.41) is 2.22. The van der Waals surface area contributed by atoms with Gasteiger partial charge in [0.15, 0.2) is 9.84 Å². The first-order valence-electron chi connectivity index (χ1n) is 10.5. The molecule has 0 aliphatic carbocycles. The highest BCUT2D eigenvalue weighted by atomic mass is 35.5. The van der Waals surface area contributed by atoms with Gasteiger partial charge in [0.1, 0.15) is 5.82 Å². The van der Waals surface area contributed by atoms with Crippen LogP contribution in [0, 0.1) is 5.82 Å². The third kappa shape index (κ3) is 5.28. The van der Waals surface area contributed by atoms with Crippen LogP contribution in [0.3, 0.4) is 0 Å². The molecule has 1 fully saturated rings. The zero-order chi connectivity index (χ0) is 22.7. The molecule has 5 nitrogen and oxygen atoms in total. The molecule has 0 atom stereocenters. The Morgan fingerprint density at radius 2 is 1.66 bits per heavy atom. The van der Waals surface area contributed by atoms with Gasteiger partial charge in [0.2, 0.25) is 5.91 Å². The number of carbonyl (C=O) groups excluding carboxylic acids is 1. The van der Waals surface area contributed by atoms with Crippen LogP contribution < -0.4 is 0 Å². The molecule has 0 bridgehead atoms. The largest absolute Gasteiger partial charge is 0.340 e. The molecule has 0 aromatic heterocycles. The van der Waals surface area contributed by atoms with Gasteiger partial charge >= 0.3 is 0 Å². The van der Waals surface area contributed by atoms with Crippen molar-refractivity contribution in [2.45, 2.75) is 17.9 Å². The average Bonchev–Trinajstić information content (AvgIpc) is 2.79. The zero-order valence-corrected chi connectivity index (χ0v) is 19.1. The van der Waals surface area contributed by atoms with Crippen LogP contribution in [0.15, 0.2) is 65.6 Å². The van der Waals surface area contributed by atoms with Crippen LogP contribution in [0.25, 0.3) is 10.8 Å². The molecule has 0 saturated carbocycles. The molecular weight excluding hydrogens is 451 g/mol. The van der Waals surface area contributed by atoms with Crippen molar-refractivity contribution < 1.29 is 17.6 Å². The van der Waals surface area contributed by atoms with Crippen LogP contribution in [-0.4, -0.2) is 56.1 Å². The summed E-state index contributed by atoms with van der Waals surface area (Å²) in [5.74, 6) is -0.739. The Hall–Kier alpha value is -2.48. The second-order valence-corrected chi connectivity index (χ2v) is 10.5. The van der Waals surface area contributed by atoms with Crippen LogP contribution in [0.1, 0.15) is 12.0 Å². The summed E-state index contributed by atoms with van der Waals surface area (Å²) in [6.07, 6.45) is -0.0427. The number of carbonyl (C=O) groups is 1. The molecule has 8 heteroatoms. The Labute approximate surface area is 192 Å². The Morgan fingerprint density at radius 1 is 0.938 bits per heavy atom. The molecule has 1 aliphatic heterocycles. The highest BCUT2D eigenvalue weighted by Gasteiger charge is 2.24. The SMILES string of the molecule is O=C(CCS(=O)(=O)c1ccc2ccccc2c1)N1CCN(Cc2ccc(F)cc2Cl)CC1. The summed E-state index contributed by atoms with van der Waals surface area (Å²) in [7, 11) is -3.55. The molecule has 1 heterocycles. The second-order valence-electron chi connectivity index (χ2n) is 7.97. The minimum absolute atomic E-state index is 0.0427. The van der Waals surface area contributed by atoms with E-state index in [1.165, 1.54) is 12.1 Å². The number of rotatable bonds is 6. The maximum Gasteiger partial charge on any atom is 0.223 e. The topological polar surface area (TPSA) is 57.7 Å². The molecule has 3 aromatic rings. The van der Waals surface area contributed by atoms with Crippen molar-refractivity contribution in [3.63, 3.8) is 0 Å². The predicted octanol–water partition coefficient (Wildman–Crippen LogP) is 4.14. The van der Waals surface area contributed by atoms with Crippen molar-refractivity contribution >= 4 is 38.1 Å². The summed E-state index contributed by atoms with van der Waals surface area (Å²) in [6.45, 7) is 2.92. The fourth-order valence-electron chi connectivity index (χ4n) is 3.90. The summed E-state index contributed by atoms with van der Waals surface area (Å²) in [4.78, 5) is 16.7. The van der Waals surface area contributed by atoms with Crippen LogP contribution in [0.5, 0.6) is 0 Å². The van der Waals surface area contributed by atoms with E-state index in [-0.39, 0.29) is 28.8 Å². The maximum absolute atomic E-state index is 13.2. The monoisotopic (exact) mass is 474 g/mol. The van der Waals surface area contributed by atoms with Gasteiger partial charge in [0, 0.05) is 44.2 Å². The normalized spacial score (nSPS) is 15.2. The van der Waals surface area contributed by atoms with Crippen molar-refractivity contribution in [1.29, 1.82) is 0 Å². The molecule has 1 saturated heterocycles. The third-order valence-corrected chi connectivity index (χ3v) is 7.86. The van der Waals surface area contributed by atoms with E-state index in [1.54, 1.807) is 29.2 Å². The summed E-state index contributed by atoms with van der Waals surface area (Å²) < 4.78 is 38.7. The predicted molar refractivity (Wildman–Crippen MR) is 124 cm³/mol. The van der Waals surface area contributed by atoms with Crippen LogP contribution in [-0.2, 0) is 21.2 Å². The van der Waals surface area contributed by atoms with Gasteiger partial charge in [-0.05, 0) is 40.6 Å². The highest BCUT2D eigenvalue weighted by molar-refractivity contribution is 7.91. The quantitative estimate of drug-likeness (QED) is 0.538. The molecule has 1 aliphatic rings. The summed E-state index contributed by atoms with van der Waals surface area (Å²) >= 11 is 6.11. The van der Waals surface area contributed by atoms with Crippen LogP contribution in [0.4, 0.5) is 4.39 Å². The Morgan fingerprint density at radius 3 is 2.38 bits per heavy atom. The van der Waals surface area contributed by atoms with E-state index in [0.717, 1.165) is 16.3 Å². The fraction of sp³-hybridized carbons (Fsp3) is 0.292. The van der Waals surface area contributed by atoms with E-state index in [9.17, 15) is 17.6 Å². The van der Waals surface area contributed by atoms with E-state index in [0.29, 0.717) is 37.7 Å². The van der Waals surface area contributed by atoms with Gasteiger partial charge in [-0.1, -0.05) is 48.0 Å². The van der Waals surface area contributed by atoms with Gasteiger partial charge in [-0.25, -0.2) is 12.8 Å². The minimum Gasteiger partial charge on any atom is -0.340 e. The Kier molecular flexibility index (Phi) is 6.79. The van der Waals surface area contributed by atoms with Crippen LogP contribution >= 0.6 is 11.6 Å². The molecule has 0 unspecified atom stereocenters. The second kappa shape index (κ2) is 9.57. The number of fused-ring (bicyclic) bond motifs is 1. The lowest BCUT2D eigenvalue weighted by Gasteiger charge is -2.35. The number of hydrogen-bond donors (Lipinski definition) is 0. The first-order valence-corrected chi connectivity index (χ1v) is 12.5. The first-order chi connectivity index (χ1) is 15.3. The maximum atomic E-state index is 13.2. The van der Waals surface area contributed by atoms with Gasteiger partial charge < -0.3 is 4.90 Å². The van der Waals surface area contributed by atoms with Crippen molar-refractivity contribution in [2.24, 2.45) is 0 Å². The lowest BCUT2D eigenvalue weighted by Crippen LogP contribution is -2.48. The summed E-state index contributed by atoms with van der Waals surface area (Å²) in [5.41, 5.74) is 0.842. The molecular formula is C24H24ClFN2O3S. The molecule has 0 spiro atoms. The van der Waals surface area contributed by atoms with Crippen molar-refractivity contribution in [2.75, 3.05) is 31.9 Å². The van der Waals surface area contributed by atoms with Crippen LogP contribution in [0.2, 0.25) is 5.02 Å². The number of amides is 1. The smallest absolute Gasteiger partial charge is 0.223 e. The van der Waals surface area contributed by atoms with Gasteiger partial charge in [-0.3, -0.25) is 9.69 Å². The molecule has 0 N–H and O–H groups in total. The Bertz CT molecular complexity index is 1240. The van der Waals surface area contributed by atoms with Gasteiger partial charge in [-0.2, -0.15) is 0 Å². The average molecular weight is 475 g/mol. The lowest BCUT2D eigenvalue weighted by atomic mass is 10.1. The number of benzene rings is 3. The molecule has 0 radical (unpaired) electrons. The Balaban J connectivity index is 1.30. The van der Waals surface area contributed by atoms with Crippen molar-refractivity contribution in [3.05, 3.63) is 77.1 Å². The minimum atomic E-state index is -3.55. The van der Waals surface area contributed by atoms with Crippen molar-refractivity contribution in [1.82, 2.24) is 9.80 Å². The van der Waals surface area contributed by atoms with Gasteiger partial charge in [-0.15, -0.1) is 0 Å². The third-order valence-electron chi connectivity index (χ3n) is 5.80. The number of halogens is 2. The number of sulfone groups is 1. The van der Waals surface area contributed by atoms with E-state index in [4.69, 9.17) is 11.6 Å². The fourth-order valence-corrected chi connectivity index (χ4v) is 5.39. The molecule has 4 rings (SSSR count). The summed E-state index contributed by atoms with van der Waals surface area (Å²) in [6, 6.07) is 17.0. The van der Waals surface area contributed by atoms with E-state index < -0.39 is 9.84 Å². The molecule has 32 heavy (non-hydrogen) atoms. The standard InChI is InChI=1S/C24H24ClFN2O3S/c25-23-16-21(26)7-5-20(23)17-27-10-12-28(13-11-27)24(29)9-14-32(30,31)22-8-6-18-3-1-2-4-19(18)15-22/h1-8,15-16H,9-14,17H2. The highest BCUT2D eigenvalue weighted by Crippen LogP contribution is 2.22. The van der Waals surface area contributed by atoms with Gasteiger partial charge in [0.05, 0.1) is 10.6 Å². The zero-order valence-electron chi connectivity index (χ0n) is 17.5. The number of nitrogens with zero attached hydrogens (tertiary/aromatic N) is 2. The molecule has 1 amide bonds. The van der Waals surface area contributed by atoms with E-state index >= 15 is 0 Å². The van der Waals surface area contributed by atoms with Gasteiger partial charge in [0.25, 0.3) is 0 Å².